The van der Waals surface area contributed by atoms with E-state index in [1.165, 1.54) is 19.2 Å². The van der Waals surface area contributed by atoms with Gasteiger partial charge in [-0.25, -0.2) is 13.1 Å². The van der Waals surface area contributed by atoms with Gasteiger partial charge < -0.3 is 10.1 Å². The Balaban J connectivity index is 2.10. The van der Waals surface area contributed by atoms with Gasteiger partial charge in [-0.1, -0.05) is 32.0 Å². The van der Waals surface area contributed by atoms with E-state index in [9.17, 15) is 13.2 Å². The molecule has 0 spiro atoms. The van der Waals surface area contributed by atoms with Crippen LogP contribution < -0.4 is 14.8 Å². The van der Waals surface area contributed by atoms with Crippen LogP contribution >= 0.6 is 0 Å². The molecule has 2 N–H and O–H groups in total. The van der Waals surface area contributed by atoms with Crippen molar-refractivity contribution >= 4 is 21.6 Å². The molecule has 6 nitrogen and oxygen atoms in total. The second-order valence-corrected chi connectivity index (χ2v) is 8.46. The maximum Gasteiger partial charge on any atom is 0.241 e. The third-order valence-corrected chi connectivity index (χ3v) is 5.69. The highest BCUT2D eigenvalue weighted by Crippen LogP contribution is 2.27. The minimum Gasteiger partial charge on any atom is -0.496 e. The first-order chi connectivity index (χ1) is 12.7. The molecule has 0 saturated heterocycles. The Labute approximate surface area is 161 Å². The summed E-state index contributed by atoms with van der Waals surface area (Å²) in [5.41, 5.74) is 3.38. The van der Waals surface area contributed by atoms with E-state index in [0.717, 1.165) is 16.8 Å². The average Bonchev–Trinajstić information content (AvgIpc) is 2.61. The monoisotopic (exact) mass is 390 g/mol. The van der Waals surface area contributed by atoms with Crippen LogP contribution in [0.1, 0.15) is 36.5 Å². The Kier molecular flexibility index (Phi) is 6.62. The van der Waals surface area contributed by atoms with Crippen LogP contribution in [0.4, 0.5) is 5.69 Å². The molecule has 0 aromatic heterocycles. The summed E-state index contributed by atoms with van der Waals surface area (Å²) in [6.07, 6.45) is 0. The predicted octanol–water partition coefficient (Wildman–Crippen LogP) is 3.35. The van der Waals surface area contributed by atoms with Gasteiger partial charge in [-0.05, 0) is 54.7 Å². The lowest BCUT2D eigenvalue weighted by Gasteiger charge is -2.16. The number of hydrogen-bond donors (Lipinski definition) is 2. The van der Waals surface area contributed by atoms with Crippen LogP contribution in [-0.2, 0) is 14.8 Å². The molecule has 0 atom stereocenters. The Morgan fingerprint density at radius 1 is 1.11 bits per heavy atom. The van der Waals surface area contributed by atoms with Crippen LogP contribution in [0.15, 0.2) is 41.3 Å². The number of ether oxygens (including phenoxy) is 1. The minimum atomic E-state index is -3.80. The van der Waals surface area contributed by atoms with Crippen molar-refractivity contribution in [2.75, 3.05) is 19.0 Å². The fourth-order valence-electron chi connectivity index (χ4n) is 2.79. The van der Waals surface area contributed by atoms with Gasteiger partial charge in [-0.3, -0.25) is 4.79 Å². The van der Waals surface area contributed by atoms with E-state index < -0.39 is 15.9 Å². The van der Waals surface area contributed by atoms with Gasteiger partial charge >= 0.3 is 0 Å². The Morgan fingerprint density at radius 2 is 1.81 bits per heavy atom. The maximum absolute atomic E-state index is 12.5. The van der Waals surface area contributed by atoms with Crippen molar-refractivity contribution in [3.63, 3.8) is 0 Å². The standard InChI is InChI=1S/C20H26N2O4S/c1-13(2)17-8-6-7-14(3)20(17)22-19(23)12-21-27(24,25)16-9-10-18(26-5)15(4)11-16/h6-11,13,21H,12H2,1-5H3,(H,22,23). The van der Waals surface area contributed by atoms with Gasteiger partial charge in [-0.2, -0.15) is 0 Å². The molecule has 0 fully saturated rings. The lowest BCUT2D eigenvalue weighted by molar-refractivity contribution is -0.115. The maximum atomic E-state index is 12.5. The highest BCUT2D eigenvalue weighted by Gasteiger charge is 2.18. The summed E-state index contributed by atoms with van der Waals surface area (Å²) in [6, 6.07) is 10.4. The smallest absolute Gasteiger partial charge is 0.241 e. The van der Waals surface area contributed by atoms with Crippen LogP contribution in [-0.4, -0.2) is 28.0 Å². The van der Waals surface area contributed by atoms with Crippen LogP contribution in [0.2, 0.25) is 0 Å². The van der Waals surface area contributed by atoms with Crippen LogP contribution in [0.5, 0.6) is 5.75 Å². The predicted molar refractivity (Wildman–Crippen MR) is 107 cm³/mol. The molecular formula is C20H26N2O4S. The zero-order valence-corrected chi connectivity index (χ0v) is 17.1. The van der Waals surface area contributed by atoms with Gasteiger partial charge in [-0.15, -0.1) is 0 Å². The summed E-state index contributed by atoms with van der Waals surface area (Å²) in [7, 11) is -2.27. The molecule has 146 valence electrons. The van der Waals surface area contributed by atoms with Gasteiger partial charge in [0.2, 0.25) is 15.9 Å². The van der Waals surface area contributed by atoms with E-state index in [-0.39, 0.29) is 17.4 Å². The Morgan fingerprint density at radius 3 is 2.41 bits per heavy atom. The number of nitrogens with one attached hydrogen (secondary N) is 2. The number of para-hydroxylation sites is 1. The summed E-state index contributed by atoms with van der Waals surface area (Å²) < 4.78 is 32.4. The van der Waals surface area contributed by atoms with E-state index in [4.69, 9.17) is 4.74 Å². The molecule has 0 aliphatic heterocycles. The number of rotatable bonds is 7. The molecule has 0 aliphatic carbocycles. The highest BCUT2D eigenvalue weighted by molar-refractivity contribution is 7.89. The lowest BCUT2D eigenvalue weighted by atomic mass is 9.98. The molecule has 27 heavy (non-hydrogen) atoms. The van der Waals surface area contributed by atoms with Crippen molar-refractivity contribution in [3.8, 4) is 5.75 Å². The molecule has 0 unspecified atom stereocenters. The zero-order chi connectivity index (χ0) is 20.2. The van der Waals surface area contributed by atoms with Crippen molar-refractivity contribution in [1.82, 2.24) is 4.72 Å². The Hall–Kier alpha value is -2.38. The van der Waals surface area contributed by atoms with Crippen molar-refractivity contribution in [1.29, 1.82) is 0 Å². The third-order valence-electron chi connectivity index (χ3n) is 4.29. The van der Waals surface area contributed by atoms with E-state index in [1.54, 1.807) is 13.0 Å². The number of sulfonamides is 1. The largest absolute Gasteiger partial charge is 0.496 e. The first-order valence-electron chi connectivity index (χ1n) is 8.69. The van der Waals surface area contributed by atoms with E-state index in [0.29, 0.717) is 11.3 Å². The second-order valence-electron chi connectivity index (χ2n) is 6.70. The minimum absolute atomic E-state index is 0.0901. The number of carbonyl (C=O) groups is 1. The first-order valence-corrected chi connectivity index (χ1v) is 10.2. The zero-order valence-electron chi connectivity index (χ0n) is 16.3. The number of amides is 1. The number of methoxy groups -OCH3 is 1. The normalized spacial score (nSPS) is 11.5. The van der Waals surface area contributed by atoms with Gasteiger partial charge in [0, 0.05) is 5.69 Å². The third kappa shape index (κ3) is 5.08. The fraction of sp³-hybridized carbons (Fsp3) is 0.350. The summed E-state index contributed by atoms with van der Waals surface area (Å²) >= 11 is 0. The number of hydrogen-bond acceptors (Lipinski definition) is 4. The lowest BCUT2D eigenvalue weighted by Crippen LogP contribution is -2.33. The van der Waals surface area contributed by atoms with Crippen molar-refractivity contribution in [2.24, 2.45) is 0 Å². The number of carbonyl (C=O) groups excluding carboxylic acids is 1. The molecule has 2 aromatic carbocycles. The number of anilines is 1. The molecule has 0 heterocycles. The van der Waals surface area contributed by atoms with Gasteiger partial charge in [0.25, 0.3) is 0 Å². The topological polar surface area (TPSA) is 84.5 Å². The molecule has 0 radical (unpaired) electrons. The van der Waals surface area contributed by atoms with Gasteiger partial charge in [0.1, 0.15) is 5.75 Å². The van der Waals surface area contributed by atoms with E-state index in [1.807, 2.05) is 39.0 Å². The van der Waals surface area contributed by atoms with Crippen molar-refractivity contribution in [2.45, 2.75) is 38.5 Å². The average molecular weight is 391 g/mol. The summed E-state index contributed by atoms with van der Waals surface area (Å²) in [5, 5.41) is 2.83. The quantitative estimate of drug-likeness (QED) is 0.759. The number of aryl methyl sites for hydroxylation is 2. The molecule has 0 aliphatic rings. The molecule has 7 heteroatoms. The van der Waals surface area contributed by atoms with E-state index >= 15 is 0 Å². The highest BCUT2D eigenvalue weighted by atomic mass is 32.2. The molecule has 1 amide bonds. The first kappa shape index (κ1) is 20.9. The van der Waals surface area contributed by atoms with Crippen molar-refractivity contribution in [3.05, 3.63) is 53.1 Å². The van der Waals surface area contributed by atoms with Crippen LogP contribution in [0.25, 0.3) is 0 Å². The number of benzene rings is 2. The Bertz CT molecular complexity index is 937. The van der Waals surface area contributed by atoms with Crippen LogP contribution in [0, 0.1) is 13.8 Å². The molecule has 0 saturated carbocycles. The van der Waals surface area contributed by atoms with Gasteiger partial charge in [0.05, 0.1) is 18.6 Å². The molecular weight excluding hydrogens is 364 g/mol. The summed E-state index contributed by atoms with van der Waals surface area (Å²) in [5.74, 6) is 0.423. The molecule has 0 bridgehead atoms. The molecule has 2 rings (SSSR count). The summed E-state index contributed by atoms with van der Waals surface area (Å²) in [4.78, 5) is 12.4. The SMILES string of the molecule is COc1ccc(S(=O)(=O)NCC(=O)Nc2c(C)cccc2C(C)C)cc1C. The van der Waals surface area contributed by atoms with Crippen molar-refractivity contribution < 1.29 is 17.9 Å². The fourth-order valence-corrected chi connectivity index (χ4v) is 3.85. The second kappa shape index (κ2) is 8.54. The van der Waals surface area contributed by atoms with Crippen LogP contribution in [0.3, 0.4) is 0 Å². The van der Waals surface area contributed by atoms with E-state index in [2.05, 4.69) is 10.0 Å². The molecule has 2 aromatic rings. The van der Waals surface area contributed by atoms with Gasteiger partial charge in [0.15, 0.2) is 0 Å². The summed E-state index contributed by atoms with van der Waals surface area (Å²) in [6.45, 7) is 7.40.